The standard InChI is InChI=1S/C10H12N4O3/c15-14(16)10-2-1-9(17-10)6-11-4-3-8-5-12-7-13-8/h1-2,5,7,11H,3-4,6H2,(H,12,13). The highest BCUT2D eigenvalue weighted by Crippen LogP contribution is 2.14. The Hall–Kier alpha value is -2.15. The number of furan rings is 1. The first-order valence-corrected chi connectivity index (χ1v) is 5.17. The minimum Gasteiger partial charge on any atom is -0.404 e. The van der Waals surface area contributed by atoms with Crippen molar-refractivity contribution in [2.75, 3.05) is 6.54 Å². The van der Waals surface area contributed by atoms with Crippen LogP contribution in [-0.2, 0) is 13.0 Å². The fourth-order valence-electron chi connectivity index (χ4n) is 1.42. The summed E-state index contributed by atoms with van der Waals surface area (Å²) in [7, 11) is 0. The lowest BCUT2D eigenvalue weighted by Crippen LogP contribution is -2.16. The predicted octanol–water partition coefficient (Wildman–Crippen LogP) is 1.24. The van der Waals surface area contributed by atoms with Gasteiger partial charge in [0.1, 0.15) is 10.7 Å². The van der Waals surface area contributed by atoms with E-state index in [0.29, 0.717) is 12.3 Å². The van der Waals surface area contributed by atoms with E-state index in [1.807, 2.05) is 0 Å². The SMILES string of the molecule is O=[N+]([O-])c1ccc(CNCCc2cnc[nH]2)o1. The third-order valence-corrected chi connectivity index (χ3v) is 2.25. The van der Waals surface area contributed by atoms with Crippen LogP contribution in [0.4, 0.5) is 5.88 Å². The van der Waals surface area contributed by atoms with E-state index in [-0.39, 0.29) is 5.88 Å². The monoisotopic (exact) mass is 236 g/mol. The summed E-state index contributed by atoms with van der Waals surface area (Å²) in [5.41, 5.74) is 1.04. The zero-order valence-corrected chi connectivity index (χ0v) is 9.05. The van der Waals surface area contributed by atoms with Crippen LogP contribution in [0.5, 0.6) is 0 Å². The predicted molar refractivity (Wildman–Crippen MR) is 59.4 cm³/mol. The van der Waals surface area contributed by atoms with Crippen molar-refractivity contribution in [1.29, 1.82) is 0 Å². The molecule has 0 saturated heterocycles. The highest BCUT2D eigenvalue weighted by atomic mass is 16.6. The van der Waals surface area contributed by atoms with Gasteiger partial charge in [-0.2, -0.15) is 0 Å². The molecule has 0 radical (unpaired) electrons. The van der Waals surface area contributed by atoms with Crippen LogP contribution in [0.3, 0.4) is 0 Å². The van der Waals surface area contributed by atoms with Gasteiger partial charge in [-0.1, -0.05) is 0 Å². The van der Waals surface area contributed by atoms with Crippen LogP contribution in [-0.4, -0.2) is 21.4 Å². The molecular weight excluding hydrogens is 224 g/mol. The highest BCUT2D eigenvalue weighted by molar-refractivity contribution is 5.17. The van der Waals surface area contributed by atoms with E-state index < -0.39 is 4.92 Å². The third-order valence-electron chi connectivity index (χ3n) is 2.25. The van der Waals surface area contributed by atoms with E-state index >= 15 is 0 Å². The molecule has 0 aliphatic carbocycles. The number of imidazole rings is 1. The molecule has 0 spiro atoms. The van der Waals surface area contributed by atoms with Crippen molar-refractivity contribution in [2.45, 2.75) is 13.0 Å². The Kier molecular flexibility index (Phi) is 3.51. The average Bonchev–Trinajstić information content (AvgIpc) is 2.96. The Bertz CT molecular complexity index is 477. The van der Waals surface area contributed by atoms with E-state index in [2.05, 4.69) is 15.3 Å². The minimum absolute atomic E-state index is 0.227. The fraction of sp³-hybridized carbons (Fsp3) is 0.300. The summed E-state index contributed by atoms with van der Waals surface area (Å²) in [4.78, 5) is 16.7. The molecule has 0 fully saturated rings. The van der Waals surface area contributed by atoms with E-state index in [0.717, 1.165) is 18.7 Å². The van der Waals surface area contributed by atoms with Crippen molar-refractivity contribution >= 4 is 5.88 Å². The number of nitrogens with zero attached hydrogens (tertiary/aromatic N) is 2. The van der Waals surface area contributed by atoms with Crippen molar-refractivity contribution < 1.29 is 9.34 Å². The zero-order chi connectivity index (χ0) is 12.1. The van der Waals surface area contributed by atoms with Crippen LogP contribution in [0.25, 0.3) is 0 Å². The summed E-state index contributed by atoms with van der Waals surface area (Å²) in [6, 6.07) is 2.95. The van der Waals surface area contributed by atoms with Crippen molar-refractivity contribution in [3.63, 3.8) is 0 Å². The summed E-state index contributed by atoms with van der Waals surface area (Å²) in [5, 5.41) is 13.5. The molecule has 90 valence electrons. The lowest BCUT2D eigenvalue weighted by Gasteiger charge is -2.00. The zero-order valence-electron chi connectivity index (χ0n) is 9.05. The number of nitro groups is 1. The molecule has 0 amide bonds. The van der Waals surface area contributed by atoms with Crippen molar-refractivity contribution in [2.24, 2.45) is 0 Å². The molecular formula is C10H12N4O3. The highest BCUT2D eigenvalue weighted by Gasteiger charge is 2.10. The molecule has 0 unspecified atom stereocenters. The molecule has 0 aromatic carbocycles. The maximum atomic E-state index is 10.4. The number of nitrogens with one attached hydrogen (secondary N) is 2. The first kappa shape index (κ1) is 11.3. The summed E-state index contributed by atoms with van der Waals surface area (Å²) in [6.07, 6.45) is 4.22. The van der Waals surface area contributed by atoms with Gasteiger partial charge in [0.25, 0.3) is 0 Å². The van der Waals surface area contributed by atoms with Gasteiger partial charge in [0.2, 0.25) is 0 Å². The van der Waals surface area contributed by atoms with Crippen molar-refractivity contribution in [3.05, 3.63) is 46.2 Å². The molecule has 0 aliphatic heterocycles. The maximum Gasteiger partial charge on any atom is 0.433 e. The minimum atomic E-state index is -0.548. The first-order chi connectivity index (χ1) is 8.25. The summed E-state index contributed by atoms with van der Waals surface area (Å²) in [6.45, 7) is 1.22. The number of aromatic amines is 1. The van der Waals surface area contributed by atoms with Crippen molar-refractivity contribution in [3.8, 4) is 0 Å². The number of rotatable bonds is 6. The molecule has 2 heterocycles. The second kappa shape index (κ2) is 5.26. The fourth-order valence-corrected chi connectivity index (χ4v) is 1.42. The van der Waals surface area contributed by atoms with E-state index in [1.165, 1.54) is 6.07 Å². The molecule has 2 rings (SSSR count). The van der Waals surface area contributed by atoms with E-state index in [9.17, 15) is 10.1 Å². The number of hydrogen-bond acceptors (Lipinski definition) is 5. The molecule has 0 atom stereocenters. The van der Waals surface area contributed by atoms with Gasteiger partial charge < -0.3 is 14.7 Å². The van der Waals surface area contributed by atoms with Crippen LogP contribution in [0, 0.1) is 10.1 Å². The first-order valence-electron chi connectivity index (χ1n) is 5.17. The van der Waals surface area contributed by atoms with Gasteiger partial charge in [0.05, 0.1) is 18.9 Å². The summed E-state index contributed by atoms with van der Waals surface area (Å²) >= 11 is 0. The van der Waals surface area contributed by atoms with Crippen molar-refractivity contribution in [1.82, 2.24) is 15.3 Å². The normalized spacial score (nSPS) is 10.6. The third kappa shape index (κ3) is 3.15. The number of aromatic nitrogens is 2. The Labute approximate surface area is 97.0 Å². The van der Waals surface area contributed by atoms with Crippen LogP contribution < -0.4 is 5.32 Å². The lowest BCUT2D eigenvalue weighted by molar-refractivity contribution is -0.402. The molecule has 7 heteroatoms. The van der Waals surface area contributed by atoms with Gasteiger partial charge in [0, 0.05) is 24.9 Å². The average molecular weight is 236 g/mol. The quantitative estimate of drug-likeness (QED) is 0.447. The van der Waals surface area contributed by atoms with Gasteiger partial charge in [-0.15, -0.1) is 0 Å². The summed E-state index contributed by atoms with van der Waals surface area (Å²) < 4.78 is 5.00. The Morgan fingerprint density at radius 1 is 1.53 bits per heavy atom. The molecule has 0 saturated carbocycles. The second-order valence-electron chi connectivity index (χ2n) is 3.50. The Morgan fingerprint density at radius 3 is 3.06 bits per heavy atom. The second-order valence-corrected chi connectivity index (χ2v) is 3.50. The van der Waals surface area contributed by atoms with Gasteiger partial charge in [-0.25, -0.2) is 4.98 Å². The van der Waals surface area contributed by atoms with Crippen LogP contribution in [0.15, 0.2) is 29.1 Å². The lowest BCUT2D eigenvalue weighted by atomic mass is 10.3. The van der Waals surface area contributed by atoms with E-state index in [1.54, 1.807) is 18.6 Å². The van der Waals surface area contributed by atoms with Gasteiger partial charge >= 0.3 is 5.88 Å². The van der Waals surface area contributed by atoms with Crippen LogP contribution in [0.1, 0.15) is 11.5 Å². The molecule has 2 aromatic rings. The molecule has 0 aliphatic rings. The van der Waals surface area contributed by atoms with Crippen LogP contribution in [0.2, 0.25) is 0 Å². The molecule has 2 N–H and O–H groups in total. The number of hydrogen-bond donors (Lipinski definition) is 2. The van der Waals surface area contributed by atoms with Gasteiger partial charge in [0.15, 0.2) is 0 Å². The maximum absolute atomic E-state index is 10.4. The smallest absolute Gasteiger partial charge is 0.404 e. The van der Waals surface area contributed by atoms with Gasteiger partial charge in [-0.05, 0) is 6.07 Å². The molecule has 17 heavy (non-hydrogen) atoms. The Balaban J connectivity index is 1.72. The Morgan fingerprint density at radius 2 is 2.41 bits per heavy atom. The topological polar surface area (TPSA) is 97.0 Å². The molecule has 2 aromatic heterocycles. The van der Waals surface area contributed by atoms with Gasteiger partial charge in [-0.3, -0.25) is 10.1 Å². The largest absolute Gasteiger partial charge is 0.433 e. The molecule has 7 nitrogen and oxygen atoms in total. The van der Waals surface area contributed by atoms with E-state index in [4.69, 9.17) is 4.42 Å². The molecule has 0 bridgehead atoms. The summed E-state index contributed by atoms with van der Waals surface area (Å²) in [5.74, 6) is 0.330. The van der Waals surface area contributed by atoms with Crippen LogP contribution >= 0.6 is 0 Å². The number of H-pyrrole nitrogens is 1.